The number of rotatable bonds is 9. The lowest BCUT2D eigenvalue weighted by molar-refractivity contribution is 0.192. The van der Waals surface area contributed by atoms with Crippen LogP contribution in [-0.2, 0) is 4.74 Å². The van der Waals surface area contributed by atoms with Gasteiger partial charge in [-0.2, -0.15) is 4.98 Å². The zero-order valence-corrected chi connectivity index (χ0v) is 11.6. The Morgan fingerprint density at radius 1 is 1.22 bits per heavy atom. The van der Waals surface area contributed by atoms with Gasteiger partial charge in [0.1, 0.15) is 5.82 Å². The summed E-state index contributed by atoms with van der Waals surface area (Å²) < 4.78 is 5.02. The van der Waals surface area contributed by atoms with Crippen LogP contribution >= 0.6 is 0 Å². The average molecular weight is 252 g/mol. The van der Waals surface area contributed by atoms with E-state index < -0.39 is 0 Å². The van der Waals surface area contributed by atoms with Crippen molar-refractivity contribution < 1.29 is 4.74 Å². The fourth-order valence-corrected chi connectivity index (χ4v) is 1.62. The highest BCUT2D eigenvalue weighted by atomic mass is 16.5. The largest absolute Gasteiger partial charge is 0.385 e. The first-order valence-electron chi connectivity index (χ1n) is 6.58. The number of methoxy groups -OCH3 is 1. The number of unbranched alkanes of at least 4 members (excludes halogenated alkanes) is 2. The van der Waals surface area contributed by atoms with Crippen molar-refractivity contribution in [2.45, 2.75) is 33.1 Å². The van der Waals surface area contributed by atoms with Gasteiger partial charge in [0.25, 0.3) is 0 Å². The molecule has 1 rings (SSSR count). The molecule has 0 aliphatic heterocycles. The molecule has 1 aromatic rings. The van der Waals surface area contributed by atoms with Crippen LogP contribution < -0.4 is 10.6 Å². The topological polar surface area (TPSA) is 59.1 Å². The third-order valence-corrected chi connectivity index (χ3v) is 2.62. The van der Waals surface area contributed by atoms with Gasteiger partial charge in [0.2, 0.25) is 5.95 Å². The first-order chi connectivity index (χ1) is 8.77. The Morgan fingerprint density at radius 3 is 2.78 bits per heavy atom. The molecular formula is C13H24N4O. The number of hydrogen-bond acceptors (Lipinski definition) is 5. The second-order valence-electron chi connectivity index (χ2n) is 4.24. The average Bonchev–Trinajstić information content (AvgIpc) is 2.37. The Hall–Kier alpha value is -1.36. The first kappa shape index (κ1) is 14.7. The number of aromatic nitrogens is 2. The number of hydrogen-bond donors (Lipinski definition) is 2. The predicted molar refractivity (Wildman–Crippen MR) is 75.1 cm³/mol. The number of anilines is 2. The minimum atomic E-state index is 0.685. The van der Waals surface area contributed by atoms with Gasteiger partial charge in [-0.1, -0.05) is 0 Å². The van der Waals surface area contributed by atoms with E-state index in [1.165, 1.54) is 6.42 Å². The molecule has 18 heavy (non-hydrogen) atoms. The van der Waals surface area contributed by atoms with Crippen molar-refractivity contribution in [3.05, 3.63) is 11.8 Å². The third-order valence-electron chi connectivity index (χ3n) is 2.62. The van der Waals surface area contributed by atoms with Crippen molar-refractivity contribution in [1.29, 1.82) is 0 Å². The summed E-state index contributed by atoms with van der Waals surface area (Å²) in [5.74, 6) is 1.61. The molecule has 2 N–H and O–H groups in total. The second-order valence-corrected chi connectivity index (χ2v) is 4.24. The lowest BCUT2D eigenvalue weighted by Gasteiger charge is -2.10. The summed E-state index contributed by atoms with van der Waals surface area (Å²) in [4.78, 5) is 8.66. The molecule has 5 nitrogen and oxygen atoms in total. The molecule has 0 radical (unpaired) electrons. The van der Waals surface area contributed by atoms with Crippen molar-refractivity contribution in [3.63, 3.8) is 0 Å². The van der Waals surface area contributed by atoms with Gasteiger partial charge in [-0.25, -0.2) is 4.98 Å². The Labute approximate surface area is 109 Å². The quantitative estimate of drug-likeness (QED) is 0.661. The van der Waals surface area contributed by atoms with Crippen LogP contribution in [0.2, 0.25) is 0 Å². The van der Waals surface area contributed by atoms with Crippen molar-refractivity contribution >= 4 is 11.8 Å². The van der Waals surface area contributed by atoms with Crippen LogP contribution in [0, 0.1) is 6.92 Å². The lowest BCUT2D eigenvalue weighted by atomic mass is 10.2. The van der Waals surface area contributed by atoms with Crippen molar-refractivity contribution in [1.82, 2.24) is 9.97 Å². The summed E-state index contributed by atoms with van der Waals surface area (Å²) >= 11 is 0. The monoisotopic (exact) mass is 252 g/mol. The Balaban J connectivity index is 2.34. The van der Waals surface area contributed by atoms with E-state index in [9.17, 15) is 0 Å². The van der Waals surface area contributed by atoms with E-state index in [2.05, 4.69) is 20.6 Å². The maximum absolute atomic E-state index is 5.02. The molecule has 0 fully saturated rings. The van der Waals surface area contributed by atoms with Crippen molar-refractivity contribution in [2.24, 2.45) is 0 Å². The molecule has 0 atom stereocenters. The minimum Gasteiger partial charge on any atom is -0.385 e. The molecule has 0 bridgehead atoms. The summed E-state index contributed by atoms with van der Waals surface area (Å²) in [7, 11) is 1.74. The van der Waals surface area contributed by atoms with Gasteiger partial charge in [-0.05, 0) is 33.1 Å². The van der Waals surface area contributed by atoms with Gasteiger partial charge in [0.15, 0.2) is 0 Å². The predicted octanol–water partition coefficient (Wildman–Crippen LogP) is 2.45. The number of nitrogens with zero attached hydrogens (tertiary/aromatic N) is 2. The van der Waals surface area contributed by atoms with Crippen LogP contribution in [0.1, 0.15) is 31.7 Å². The van der Waals surface area contributed by atoms with Gasteiger partial charge in [-0.15, -0.1) is 0 Å². The molecule has 1 heterocycles. The Morgan fingerprint density at radius 2 is 2.06 bits per heavy atom. The van der Waals surface area contributed by atoms with E-state index in [1.807, 2.05) is 20.0 Å². The van der Waals surface area contributed by atoms with Crippen LogP contribution in [-0.4, -0.2) is 36.8 Å². The van der Waals surface area contributed by atoms with E-state index in [1.54, 1.807) is 7.11 Å². The highest BCUT2D eigenvalue weighted by Crippen LogP contribution is 2.12. The third kappa shape index (κ3) is 5.31. The van der Waals surface area contributed by atoms with Gasteiger partial charge in [0.05, 0.1) is 0 Å². The van der Waals surface area contributed by atoms with E-state index in [-0.39, 0.29) is 0 Å². The summed E-state index contributed by atoms with van der Waals surface area (Å²) in [6.07, 6.45) is 5.26. The van der Waals surface area contributed by atoms with Crippen LogP contribution in [0.5, 0.6) is 0 Å². The molecule has 0 aliphatic rings. The molecule has 102 valence electrons. The summed E-state index contributed by atoms with van der Waals surface area (Å²) in [6.45, 7) is 6.67. The summed E-state index contributed by atoms with van der Waals surface area (Å²) in [6, 6.07) is 0. The van der Waals surface area contributed by atoms with Crippen molar-refractivity contribution in [2.75, 3.05) is 37.4 Å². The zero-order chi connectivity index (χ0) is 13.2. The minimum absolute atomic E-state index is 0.685. The molecule has 0 saturated carbocycles. The van der Waals surface area contributed by atoms with Crippen LogP contribution in [0.3, 0.4) is 0 Å². The highest BCUT2D eigenvalue weighted by molar-refractivity contribution is 5.46. The maximum atomic E-state index is 5.02. The molecule has 0 unspecified atom stereocenters. The second kappa shape index (κ2) is 8.69. The van der Waals surface area contributed by atoms with Crippen LogP contribution in [0.25, 0.3) is 0 Å². The SMILES string of the molecule is CCNc1ncc(C)c(NCCCCCOC)n1. The van der Waals surface area contributed by atoms with Crippen molar-refractivity contribution in [3.8, 4) is 0 Å². The highest BCUT2D eigenvalue weighted by Gasteiger charge is 2.02. The number of ether oxygens (including phenoxy) is 1. The van der Waals surface area contributed by atoms with E-state index in [0.717, 1.165) is 43.9 Å². The van der Waals surface area contributed by atoms with Crippen LogP contribution in [0.15, 0.2) is 6.20 Å². The zero-order valence-electron chi connectivity index (χ0n) is 11.6. The summed E-state index contributed by atoms with van der Waals surface area (Å²) in [5.41, 5.74) is 1.08. The van der Waals surface area contributed by atoms with Gasteiger partial charge < -0.3 is 15.4 Å². The standard InChI is InChI=1S/C13H24N4O/c1-4-14-13-16-10-11(2)12(17-13)15-8-6-5-7-9-18-3/h10H,4-9H2,1-3H3,(H2,14,15,16,17). The van der Waals surface area contributed by atoms with Gasteiger partial charge >= 0.3 is 0 Å². The van der Waals surface area contributed by atoms with E-state index >= 15 is 0 Å². The van der Waals surface area contributed by atoms with Crippen LogP contribution in [0.4, 0.5) is 11.8 Å². The molecule has 0 saturated heterocycles. The van der Waals surface area contributed by atoms with Gasteiger partial charge in [-0.3, -0.25) is 0 Å². The first-order valence-corrected chi connectivity index (χ1v) is 6.58. The number of nitrogens with one attached hydrogen (secondary N) is 2. The maximum Gasteiger partial charge on any atom is 0.224 e. The molecule has 0 aliphatic carbocycles. The molecular weight excluding hydrogens is 228 g/mol. The van der Waals surface area contributed by atoms with Gasteiger partial charge in [0, 0.05) is 38.6 Å². The normalized spacial score (nSPS) is 10.4. The van der Waals surface area contributed by atoms with E-state index in [4.69, 9.17) is 4.74 Å². The smallest absolute Gasteiger partial charge is 0.224 e. The molecule has 0 amide bonds. The Kier molecular flexibility index (Phi) is 7.10. The molecule has 0 spiro atoms. The molecule has 5 heteroatoms. The molecule has 1 aromatic heterocycles. The Bertz CT molecular complexity index is 344. The fraction of sp³-hybridized carbons (Fsp3) is 0.692. The lowest BCUT2D eigenvalue weighted by Crippen LogP contribution is -2.09. The number of aryl methyl sites for hydroxylation is 1. The van der Waals surface area contributed by atoms with E-state index in [0.29, 0.717) is 5.95 Å². The summed E-state index contributed by atoms with van der Waals surface area (Å²) in [5, 5.41) is 6.47. The fourth-order valence-electron chi connectivity index (χ4n) is 1.62. The molecule has 0 aromatic carbocycles.